The van der Waals surface area contributed by atoms with Crippen molar-refractivity contribution in [3.63, 3.8) is 0 Å². The summed E-state index contributed by atoms with van der Waals surface area (Å²) >= 11 is 0. The summed E-state index contributed by atoms with van der Waals surface area (Å²) in [5.74, 6) is -0.719. The fourth-order valence-electron chi connectivity index (χ4n) is 3.75. The van der Waals surface area contributed by atoms with Crippen molar-refractivity contribution in [2.45, 2.75) is 45.2 Å². The maximum Gasteiger partial charge on any atom is 0.320 e. The van der Waals surface area contributed by atoms with Crippen LogP contribution in [0.2, 0.25) is 0 Å². The van der Waals surface area contributed by atoms with Gasteiger partial charge >= 0.3 is 5.97 Å². The van der Waals surface area contributed by atoms with E-state index >= 15 is 0 Å². The first-order valence-electron chi connectivity index (χ1n) is 8.52. The Labute approximate surface area is 143 Å². The third kappa shape index (κ3) is 3.49. The minimum Gasteiger partial charge on any atom is -0.480 e. The van der Waals surface area contributed by atoms with Crippen LogP contribution in [-0.4, -0.2) is 33.5 Å². The van der Waals surface area contributed by atoms with Crippen molar-refractivity contribution in [3.8, 4) is 0 Å². The van der Waals surface area contributed by atoms with Crippen LogP contribution >= 0.6 is 0 Å². The van der Waals surface area contributed by atoms with Gasteiger partial charge in [-0.15, -0.1) is 0 Å². The molecule has 1 aromatic heterocycles. The lowest BCUT2D eigenvalue weighted by atomic mass is 9.94. The number of hydrogen-bond acceptors (Lipinski definition) is 3. The number of aliphatic carboxylic acids is 1. The first-order chi connectivity index (χ1) is 11.6. The zero-order chi connectivity index (χ0) is 17.1. The van der Waals surface area contributed by atoms with Gasteiger partial charge in [-0.3, -0.25) is 14.7 Å². The summed E-state index contributed by atoms with van der Waals surface area (Å²) in [7, 11) is 0. The number of aryl methyl sites for hydroxylation is 2. The molecule has 4 nitrogen and oxygen atoms in total. The predicted octanol–water partition coefficient (Wildman–Crippen LogP) is 3.53. The van der Waals surface area contributed by atoms with Gasteiger partial charge in [0.05, 0.1) is 0 Å². The second-order valence-corrected chi connectivity index (χ2v) is 6.64. The van der Waals surface area contributed by atoms with Crippen molar-refractivity contribution < 1.29 is 9.90 Å². The highest BCUT2D eigenvalue weighted by Gasteiger charge is 2.36. The lowest BCUT2D eigenvalue weighted by molar-refractivity contribution is -0.143. The van der Waals surface area contributed by atoms with Crippen LogP contribution in [0.4, 0.5) is 0 Å². The number of carbonyl (C=O) groups is 1. The van der Waals surface area contributed by atoms with Crippen molar-refractivity contribution in [1.29, 1.82) is 0 Å². The van der Waals surface area contributed by atoms with Crippen LogP contribution in [0, 0.1) is 13.8 Å². The quantitative estimate of drug-likeness (QED) is 0.914. The number of likely N-dealkylation sites (tertiary alicyclic amines) is 1. The molecule has 2 heterocycles. The zero-order valence-corrected chi connectivity index (χ0v) is 14.3. The molecule has 1 N–H and O–H groups in total. The Morgan fingerprint density at radius 2 is 2.17 bits per heavy atom. The second-order valence-electron chi connectivity index (χ2n) is 6.64. The smallest absolute Gasteiger partial charge is 0.320 e. The van der Waals surface area contributed by atoms with E-state index in [1.807, 2.05) is 18.2 Å². The molecule has 0 radical (unpaired) electrons. The average molecular weight is 324 g/mol. The van der Waals surface area contributed by atoms with E-state index in [9.17, 15) is 9.90 Å². The molecular formula is C20H24N2O2. The third-order valence-electron chi connectivity index (χ3n) is 4.89. The van der Waals surface area contributed by atoms with Crippen LogP contribution in [0.15, 0.2) is 42.6 Å². The van der Waals surface area contributed by atoms with Gasteiger partial charge in [-0.25, -0.2) is 0 Å². The molecule has 1 aliphatic heterocycles. The highest BCUT2D eigenvalue weighted by molar-refractivity contribution is 5.74. The lowest BCUT2D eigenvalue weighted by Crippen LogP contribution is -2.40. The van der Waals surface area contributed by atoms with Crippen LogP contribution < -0.4 is 0 Å². The molecule has 0 bridgehead atoms. The molecule has 1 fully saturated rings. The summed E-state index contributed by atoms with van der Waals surface area (Å²) in [4.78, 5) is 18.3. The summed E-state index contributed by atoms with van der Waals surface area (Å²) in [5, 5.41) is 9.60. The molecule has 2 unspecified atom stereocenters. The van der Waals surface area contributed by atoms with E-state index < -0.39 is 12.0 Å². The van der Waals surface area contributed by atoms with Gasteiger partial charge in [-0.2, -0.15) is 0 Å². The van der Waals surface area contributed by atoms with E-state index in [2.05, 4.69) is 41.9 Å². The molecule has 2 atom stereocenters. The summed E-state index contributed by atoms with van der Waals surface area (Å²) in [6.45, 7) is 5.02. The van der Waals surface area contributed by atoms with Crippen LogP contribution in [-0.2, 0) is 11.2 Å². The number of benzene rings is 1. The van der Waals surface area contributed by atoms with Gasteiger partial charge in [0.2, 0.25) is 0 Å². The molecule has 0 aliphatic carbocycles. The number of carboxylic acid groups (broad SMARTS) is 1. The first-order valence-corrected chi connectivity index (χ1v) is 8.52. The Hall–Kier alpha value is -2.20. The summed E-state index contributed by atoms with van der Waals surface area (Å²) in [6.07, 6.45) is 4.18. The van der Waals surface area contributed by atoms with Gasteiger partial charge in [0.1, 0.15) is 6.04 Å². The molecule has 0 saturated carbocycles. The molecule has 1 saturated heterocycles. The van der Waals surface area contributed by atoms with Gasteiger partial charge in [-0.05, 0) is 56.5 Å². The van der Waals surface area contributed by atoms with E-state index in [1.165, 1.54) is 16.7 Å². The van der Waals surface area contributed by atoms with Crippen LogP contribution in [0.1, 0.15) is 41.3 Å². The van der Waals surface area contributed by atoms with Gasteiger partial charge in [0.15, 0.2) is 0 Å². The fraction of sp³-hybridized carbons (Fsp3) is 0.400. The average Bonchev–Trinajstić information content (AvgIpc) is 3.04. The SMILES string of the molecule is Cc1ccc(C(Cc2ccccn2)N2CCCC2C(=O)O)c(C)c1. The number of hydrogen-bond donors (Lipinski definition) is 1. The van der Waals surface area contributed by atoms with Crippen LogP contribution in [0.5, 0.6) is 0 Å². The first kappa shape index (κ1) is 16.7. The number of aromatic nitrogens is 1. The summed E-state index contributed by atoms with van der Waals surface area (Å²) < 4.78 is 0. The highest BCUT2D eigenvalue weighted by Crippen LogP contribution is 2.33. The van der Waals surface area contributed by atoms with Crippen molar-refractivity contribution in [2.24, 2.45) is 0 Å². The molecule has 0 spiro atoms. The Morgan fingerprint density at radius 3 is 2.83 bits per heavy atom. The summed E-state index contributed by atoms with van der Waals surface area (Å²) in [5.41, 5.74) is 4.65. The monoisotopic (exact) mass is 324 g/mol. The van der Waals surface area contributed by atoms with Crippen molar-refractivity contribution >= 4 is 5.97 Å². The van der Waals surface area contributed by atoms with E-state index in [0.717, 1.165) is 31.5 Å². The van der Waals surface area contributed by atoms with Gasteiger partial charge in [0, 0.05) is 24.4 Å². The molecule has 126 valence electrons. The third-order valence-corrected chi connectivity index (χ3v) is 4.89. The second kappa shape index (κ2) is 7.14. The Bertz CT molecular complexity index is 715. The van der Waals surface area contributed by atoms with Crippen LogP contribution in [0.25, 0.3) is 0 Å². The van der Waals surface area contributed by atoms with E-state index in [4.69, 9.17) is 0 Å². The minimum atomic E-state index is -0.719. The Morgan fingerprint density at radius 1 is 1.33 bits per heavy atom. The number of rotatable bonds is 5. The van der Waals surface area contributed by atoms with Gasteiger partial charge < -0.3 is 5.11 Å². The lowest BCUT2D eigenvalue weighted by Gasteiger charge is -2.32. The number of nitrogens with zero attached hydrogens (tertiary/aromatic N) is 2. The maximum atomic E-state index is 11.7. The van der Waals surface area contributed by atoms with Crippen molar-refractivity contribution in [2.75, 3.05) is 6.54 Å². The molecule has 3 rings (SSSR count). The fourth-order valence-corrected chi connectivity index (χ4v) is 3.75. The molecule has 24 heavy (non-hydrogen) atoms. The molecule has 0 amide bonds. The number of carboxylic acids is 1. The summed E-state index contributed by atoms with van der Waals surface area (Å²) in [6, 6.07) is 12.0. The molecule has 1 aromatic carbocycles. The molecule has 2 aromatic rings. The van der Waals surface area contributed by atoms with Crippen LogP contribution in [0.3, 0.4) is 0 Å². The minimum absolute atomic E-state index is 0.0455. The topological polar surface area (TPSA) is 53.4 Å². The molecular weight excluding hydrogens is 300 g/mol. The molecule has 4 heteroatoms. The van der Waals surface area contributed by atoms with Gasteiger partial charge in [-0.1, -0.05) is 29.8 Å². The number of pyridine rings is 1. The van der Waals surface area contributed by atoms with E-state index in [0.29, 0.717) is 0 Å². The van der Waals surface area contributed by atoms with Gasteiger partial charge in [0.25, 0.3) is 0 Å². The molecule has 1 aliphatic rings. The highest BCUT2D eigenvalue weighted by atomic mass is 16.4. The predicted molar refractivity (Wildman–Crippen MR) is 94.0 cm³/mol. The normalized spacial score (nSPS) is 19.3. The Balaban J connectivity index is 1.98. The van der Waals surface area contributed by atoms with E-state index in [-0.39, 0.29) is 6.04 Å². The van der Waals surface area contributed by atoms with Crippen molar-refractivity contribution in [1.82, 2.24) is 9.88 Å². The maximum absolute atomic E-state index is 11.7. The Kier molecular flexibility index (Phi) is 4.95. The largest absolute Gasteiger partial charge is 0.480 e. The zero-order valence-electron chi connectivity index (χ0n) is 14.3. The standard InChI is InChI=1S/C20H24N2O2/c1-14-8-9-17(15(2)12-14)19(13-16-6-3-4-10-21-16)22-11-5-7-18(22)20(23)24/h3-4,6,8-10,12,18-19H,5,7,11,13H2,1-2H3,(H,23,24). The van der Waals surface area contributed by atoms with E-state index in [1.54, 1.807) is 6.20 Å². The van der Waals surface area contributed by atoms with Crippen molar-refractivity contribution in [3.05, 3.63) is 65.0 Å².